The summed E-state index contributed by atoms with van der Waals surface area (Å²) in [6.07, 6.45) is 0. The predicted octanol–water partition coefficient (Wildman–Crippen LogP) is 1.07. The molecule has 0 bridgehead atoms. The Kier molecular flexibility index (Phi) is 2.63. The second-order valence-corrected chi connectivity index (χ2v) is 3.36. The first-order valence-corrected chi connectivity index (χ1v) is 4.79. The maximum atomic E-state index is 11.6. The molecule has 0 aromatic carbocycles. The van der Waals surface area contributed by atoms with E-state index in [1.165, 1.54) is 0 Å². The van der Waals surface area contributed by atoms with E-state index in [4.69, 9.17) is 0 Å². The summed E-state index contributed by atoms with van der Waals surface area (Å²) in [4.78, 5) is 19.7. The van der Waals surface area contributed by atoms with Crippen molar-refractivity contribution in [2.24, 2.45) is 0 Å². The summed E-state index contributed by atoms with van der Waals surface area (Å²) >= 11 is 0. The number of rotatable bonds is 2. The fourth-order valence-electron chi connectivity index (χ4n) is 1.23. The molecule has 0 saturated heterocycles. The van der Waals surface area contributed by atoms with Gasteiger partial charge in [0.1, 0.15) is 11.6 Å². The van der Waals surface area contributed by atoms with Gasteiger partial charge < -0.3 is 5.32 Å². The highest BCUT2D eigenvalue weighted by Crippen LogP contribution is 2.05. The molecule has 0 aliphatic carbocycles. The van der Waals surface area contributed by atoms with Crippen LogP contribution in [0.5, 0.6) is 0 Å². The largest absolute Gasteiger partial charge is 0.304 e. The van der Waals surface area contributed by atoms with Gasteiger partial charge in [-0.05, 0) is 26.0 Å². The van der Waals surface area contributed by atoms with E-state index < -0.39 is 0 Å². The Morgan fingerprint density at radius 2 is 2.12 bits per heavy atom. The number of hydrogen-bond acceptors (Lipinski definition) is 4. The number of anilines is 1. The first-order valence-electron chi connectivity index (χ1n) is 4.79. The number of nitrogens with one attached hydrogen (secondary N) is 2. The van der Waals surface area contributed by atoms with Crippen molar-refractivity contribution in [1.29, 1.82) is 0 Å². The van der Waals surface area contributed by atoms with Gasteiger partial charge in [-0.3, -0.25) is 9.89 Å². The number of hydrogen-bond donors (Lipinski definition) is 2. The molecule has 6 heteroatoms. The number of nitrogens with zero attached hydrogens (tertiary/aromatic N) is 3. The third kappa shape index (κ3) is 2.22. The minimum Gasteiger partial charge on any atom is -0.304 e. The number of aromatic nitrogens is 4. The number of pyridine rings is 1. The normalized spacial score (nSPS) is 10.1. The van der Waals surface area contributed by atoms with Gasteiger partial charge in [-0.15, -0.1) is 5.10 Å². The molecule has 0 saturated carbocycles. The Labute approximate surface area is 92.1 Å². The van der Waals surface area contributed by atoms with Crippen LogP contribution in [0, 0.1) is 13.8 Å². The van der Waals surface area contributed by atoms with Crippen molar-refractivity contribution in [3.8, 4) is 0 Å². The Bertz CT molecular complexity index is 519. The van der Waals surface area contributed by atoms with E-state index in [9.17, 15) is 4.79 Å². The summed E-state index contributed by atoms with van der Waals surface area (Å²) in [5, 5.41) is 8.98. The molecule has 0 fully saturated rings. The summed E-state index contributed by atoms with van der Waals surface area (Å²) in [7, 11) is 0. The van der Waals surface area contributed by atoms with Gasteiger partial charge in [0.25, 0.3) is 5.91 Å². The van der Waals surface area contributed by atoms with Crippen LogP contribution in [0.25, 0.3) is 0 Å². The van der Waals surface area contributed by atoms with Crippen LogP contribution in [0.15, 0.2) is 18.2 Å². The smallest absolute Gasteiger partial charge is 0.296 e. The lowest BCUT2D eigenvalue weighted by Crippen LogP contribution is -2.14. The number of amides is 1. The molecule has 82 valence electrons. The maximum absolute atomic E-state index is 11.6. The standard InChI is InChI=1S/C10H11N5O/c1-6-4-3-5-8(11-6)13-10(16)9-12-7(2)14-15-9/h3-5H,1-2H3,(H,11,13,16)(H,12,14,15). The average molecular weight is 217 g/mol. The second kappa shape index (κ2) is 4.09. The number of carbonyl (C=O) groups is 1. The molecule has 0 spiro atoms. The average Bonchev–Trinajstić information content (AvgIpc) is 2.65. The zero-order chi connectivity index (χ0) is 11.5. The number of H-pyrrole nitrogens is 1. The zero-order valence-corrected chi connectivity index (χ0v) is 8.98. The van der Waals surface area contributed by atoms with Gasteiger partial charge in [0.15, 0.2) is 0 Å². The molecule has 1 amide bonds. The molecule has 2 aromatic rings. The number of aromatic amines is 1. The Morgan fingerprint density at radius 1 is 1.31 bits per heavy atom. The summed E-state index contributed by atoms with van der Waals surface area (Å²) < 4.78 is 0. The van der Waals surface area contributed by atoms with Crippen molar-refractivity contribution in [3.05, 3.63) is 35.5 Å². The first kappa shape index (κ1) is 10.3. The van der Waals surface area contributed by atoms with Crippen LogP contribution < -0.4 is 5.32 Å². The number of aryl methyl sites for hydroxylation is 2. The van der Waals surface area contributed by atoms with Gasteiger partial charge >= 0.3 is 0 Å². The van der Waals surface area contributed by atoms with Gasteiger partial charge in [0.05, 0.1) is 0 Å². The lowest BCUT2D eigenvalue weighted by atomic mass is 10.4. The monoisotopic (exact) mass is 217 g/mol. The van der Waals surface area contributed by atoms with Gasteiger partial charge in [-0.1, -0.05) is 6.07 Å². The van der Waals surface area contributed by atoms with Crippen LogP contribution in [-0.2, 0) is 0 Å². The second-order valence-electron chi connectivity index (χ2n) is 3.36. The molecular weight excluding hydrogens is 206 g/mol. The third-order valence-electron chi connectivity index (χ3n) is 1.93. The van der Waals surface area contributed by atoms with Crippen molar-refractivity contribution >= 4 is 11.7 Å². The maximum Gasteiger partial charge on any atom is 0.296 e. The topological polar surface area (TPSA) is 83.6 Å². The van der Waals surface area contributed by atoms with Crippen LogP contribution in [0.1, 0.15) is 22.1 Å². The third-order valence-corrected chi connectivity index (χ3v) is 1.93. The quantitative estimate of drug-likeness (QED) is 0.788. The van der Waals surface area contributed by atoms with Crippen LogP contribution in [0.3, 0.4) is 0 Å². The van der Waals surface area contributed by atoms with Crippen molar-refractivity contribution < 1.29 is 4.79 Å². The van der Waals surface area contributed by atoms with Gasteiger partial charge in [0.2, 0.25) is 5.82 Å². The van der Waals surface area contributed by atoms with Crippen molar-refractivity contribution in [1.82, 2.24) is 20.2 Å². The highest BCUT2D eigenvalue weighted by atomic mass is 16.2. The van der Waals surface area contributed by atoms with E-state index in [0.29, 0.717) is 11.6 Å². The first-order chi connectivity index (χ1) is 7.65. The van der Waals surface area contributed by atoms with E-state index in [0.717, 1.165) is 5.69 Å². The molecule has 0 radical (unpaired) electrons. The van der Waals surface area contributed by atoms with Gasteiger partial charge in [-0.2, -0.15) is 0 Å². The molecule has 0 aliphatic heterocycles. The van der Waals surface area contributed by atoms with Crippen LogP contribution in [0.4, 0.5) is 5.82 Å². The summed E-state index contributed by atoms with van der Waals surface area (Å²) in [6, 6.07) is 5.39. The van der Waals surface area contributed by atoms with Crippen molar-refractivity contribution in [3.63, 3.8) is 0 Å². The molecule has 0 atom stereocenters. The molecular formula is C10H11N5O. The Hall–Kier alpha value is -2.24. The van der Waals surface area contributed by atoms with Gasteiger partial charge in [0, 0.05) is 5.69 Å². The number of carbonyl (C=O) groups excluding carboxylic acids is 1. The minimum atomic E-state index is -0.373. The van der Waals surface area contributed by atoms with Crippen molar-refractivity contribution in [2.75, 3.05) is 5.32 Å². The predicted molar refractivity (Wildman–Crippen MR) is 58.0 cm³/mol. The molecule has 0 aliphatic rings. The van der Waals surface area contributed by atoms with E-state index >= 15 is 0 Å². The summed E-state index contributed by atoms with van der Waals surface area (Å²) in [6.45, 7) is 3.58. The zero-order valence-electron chi connectivity index (χ0n) is 8.98. The molecule has 2 aromatic heterocycles. The van der Waals surface area contributed by atoms with E-state index in [1.807, 2.05) is 19.1 Å². The van der Waals surface area contributed by atoms with Crippen LogP contribution in [-0.4, -0.2) is 26.1 Å². The minimum absolute atomic E-state index is 0.112. The lowest BCUT2D eigenvalue weighted by Gasteiger charge is -2.01. The molecule has 0 unspecified atom stereocenters. The molecule has 16 heavy (non-hydrogen) atoms. The fraction of sp³-hybridized carbons (Fsp3) is 0.200. The van der Waals surface area contributed by atoms with Crippen LogP contribution in [0.2, 0.25) is 0 Å². The Balaban J connectivity index is 2.13. The molecule has 6 nitrogen and oxygen atoms in total. The lowest BCUT2D eigenvalue weighted by molar-refractivity contribution is 0.101. The van der Waals surface area contributed by atoms with E-state index in [-0.39, 0.29) is 11.7 Å². The van der Waals surface area contributed by atoms with E-state index in [1.54, 1.807) is 13.0 Å². The highest BCUT2D eigenvalue weighted by molar-refractivity contribution is 6.00. The summed E-state index contributed by atoms with van der Waals surface area (Å²) in [5.74, 6) is 0.832. The van der Waals surface area contributed by atoms with Crippen LogP contribution >= 0.6 is 0 Å². The highest BCUT2D eigenvalue weighted by Gasteiger charge is 2.11. The molecule has 2 rings (SSSR count). The molecule has 2 heterocycles. The van der Waals surface area contributed by atoms with Crippen molar-refractivity contribution in [2.45, 2.75) is 13.8 Å². The fourth-order valence-corrected chi connectivity index (χ4v) is 1.23. The van der Waals surface area contributed by atoms with Gasteiger partial charge in [-0.25, -0.2) is 9.97 Å². The van der Waals surface area contributed by atoms with E-state index in [2.05, 4.69) is 25.5 Å². The molecule has 2 N–H and O–H groups in total. The Morgan fingerprint density at radius 3 is 2.75 bits per heavy atom. The summed E-state index contributed by atoms with van der Waals surface area (Å²) in [5.41, 5.74) is 0.837. The SMILES string of the molecule is Cc1cccc(NC(=O)c2n[nH]c(C)n2)n1.